The molecule has 0 unspecified atom stereocenters. The van der Waals surface area contributed by atoms with Gasteiger partial charge < -0.3 is 15.4 Å². The lowest BCUT2D eigenvalue weighted by atomic mass is 10.3. The van der Waals surface area contributed by atoms with Crippen molar-refractivity contribution >= 4 is 18.3 Å². The number of piperazine rings is 1. The zero-order chi connectivity index (χ0) is 15.6. The number of nitrogens with one attached hydrogen (secondary N) is 2. The number of nitrogens with zero attached hydrogens (tertiary/aromatic N) is 1. The summed E-state index contributed by atoms with van der Waals surface area (Å²) in [4.78, 5) is 14.0. The van der Waals surface area contributed by atoms with Gasteiger partial charge in [-0.25, -0.2) is 4.39 Å². The zero-order valence-corrected chi connectivity index (χ0v) is 14.0. The van der Waals surface area contributed by atoms with Crippen molar-refractivity contribution in [2.24, 2.45) is 0 Å². The molecule has 1 fully saturated rings. The number of halogens is 2. The minimum atomic E-state index is -0.372. The molecule has 0 atom stereocenters. The predicted octanol–water partition coefficient (Wildman–Crippen LogP) is 1.43. The Kier molecular flexibility index (Phi) is 9.59. The van der Waals surface area contributed by atoms with E-state index in [9.17, 15) is 9.18 Å². The number of amides is 1. The van der Waals surface area contributed by atoms with Crippen LogP contribution in [-0.4, -0.2) is 56.7 Å². The third-order valence-electron chi connectivity index (χ3n) is 3.60. The first-order valence-corrected chi connectivity index (χ1v) is 7.83. The second-order valence-electron chi connectivity index (χ2n) is 5.32. The highest BCUT2D eigenvalue weighted by Gasteiger charge is 2.09. The van der Waals surface area contributed by atoms with E-state index in [-0.39, 0.29) is 29.9 Å². The van der Waals surface area contributed by atoms with Crippen LogP contribution in [0, 0.1) is 5.82 Å². The summed E-state index contributed by atoms with van der Waals surface area (Å²) in [6, 6.07) is 6.29. The van der Waals surface area contributed by atoms with Crippen LogP contribution in [0.1, 0.15) is 12.8 Å². The van der Waals surface area contributed by atoms with Gasteiger partial charge in [-0.05, 0) is 18.6 Å². The van der Waals surface area contributed by atoms with Gasteiger partial charge in [-0.1, -0.05) is 12.1 Å². The Morgan fingerprint density at radius 1 is 1.30 bits per heavy atom. The van der Waals surface area contributed by atoms with Gasteiger partial charge in [0.2, 0.25) is 5.91 Å². The van der Waals surface area contributed by atoms with Crippen molar-refractivity contribution in [3.8, 4) is 5.75 Å². The summed E-state index contributed by atoms with van der Waals surface area (Å²) < 4.78 is 18.6. The molecule has 2 N–H and O–H groups in total. The standard InChI is InChI=1S/C16H24FN3O2.ClH/c17-14-4-1-2-5-15(14)22-13-3-6-16(21)19-9-12-20-10-7-18-8-11-20;/h1-2,4-5,18H,3,6-13H2,(H,19,21);1H. The first kappa shape index (κ1) is 19.7. The van der Waals surface area contributed by atoms with Crippen LogP contribution in [0.25, 0.3) is 0 Å². The van der Waals surface area contributed by atoms with Crippen LogP contribution >= 0.6 is 12.4 Å². The van der Waals surface area contributed by atoms with E-state index in [4.69, 9.17) is 4.74 Å². The fraction of sp³-hybridized carbons (Fsp3) is 0.562. The van der Waals surface area contributed by atoms with Crippen LogP contribution in [0.15, 0.2) is 24.3 Å². The van der Waals surface area contributed by atoms with Gasteiger partial charge in [0.25, 0.3) is 0 Å². The summed E-state index contributed by atoms with van der Waals surface area (Å²) in [5.41, 5.74) is 0. The lowest BCUT2D eigenvalue weighted by Gasteiger charge is -2.27. The third-order valence-corrected chi connectivity index (χ3v) is 3.60. The lowest BCUT2D eigenvalue weighted by molar-refractivity contribution is -0.121. The Balaban J connectivity index is 0.00000264. The van der Waals surface area contributed by atoms with Crippen molar-refractivity contribution in [1.82, 2.24) is 15.5 Å². The van der Waals surface area contributed by atoms with Crippen LogP contribution in [0.4, 0.5) is 4.39 Å². The summed E-state index contributed by atoms with van der Waals surface area (Å²) in [6.07, 6.45) is 0.976. The van der Waals surface area contributed by atoms with E-state index in [1.165, 1.54) is 6.07 Å². The van der Waals surface area contributed by atoms with Gasteiger partial charge >= 0.3 is 0 Å². The molecule has 23 heavy (non-hydrogen) atoms. The number of hydrogen-bond acceptors (Lipinski definition) is 4. The number of hydrogen-bond donors (Lipinski definition) is 2. The molecule has 1 aliphatic heterocycles. The van der Waals surface area contributed by atoms with E-state index in [1.807, 2.05) is 0 Å². The van der Waals surface area contributed by atoms with Crippen molar-refractivity contribution in [1.29, 1.82) is 0 Å². The Morgan fingerprint density at radius 3 is 2.78 bits per heavy atom. The van der Waals surface area contributed by atoms with Gasteiger partial charge in [0.15, 0.2) is 11.6 Å². The average molecular weight is 346 g/mol. The molecule has 5 nitrogen and oxygen atoms in total. The molecule has 0 aliphatic carbocycles. The molecule has 2 rings (SSSR count). The number of rotatable bonds is 8. The summed E-state index contributed by atoms with van der Waals surface area (Å²) >= 11 is 0. The average Bonchev–Trinajstić information content (AvgIpc) is 2.54. The second kappa shape index (κ2) is 11.2. The summed E-state index contributed by atoms with van der Waals surface area (Å²) in [5, 5.41) is 6.21. The first-order chi connectivity index (χ1) is 10.8. The monoisotopic (exact) mass is 345 g/mol. The molecule has 7 heteroatoms. The van der Waals surface area contributed by atoms with E-state index in [0.717, 1.165) is 32.7 Å². The van der Waals surface area contributed by atoms with Crippen LogP contribution in [0.5, 0.6) is 5.75 Å². The molecule has 1 aliphatic rings. The van der Waals surface area contributed by atoms with E-state index in [1.54, 1.807) is 18.2 Å². The lowest BCUT2D eigenvalue weighted by Crippen LogP contribution is -2.46. The van der Waals surface area contributed by atoms with Gasteiger partial charge in [0.1, 0.15) is 0 Å². The van der Waals surface area contributed by atoms with E-state index < -0.39 is 0 Å². The second-order valence-corrected chi connectivity index (χ2v) is 5.32. The molecular weight excluding hydrogens is 321 g/mol. The molecule has 1 heterocycles. The summed E-state index contributed by atoms with van der Waals surface area (Å²) in [6.45, 7) is 6.00. The number of benzene rings is 1. The molecule has 0 spiro atoms. The van der Waals surface area contributed by atoms with Crippen molar-refractivity contribution in [3.63, 3.8) is 0 Å². The minimum absolute atomic E-state index is 0. The van der Waals surface area contributed by atoms with E-state index >= 15 is 0 Å². The SMILES string of the molecule is Cl.O=C(CCCOc1ccccc1F)NCCN1CCNCC1. The topological polar surface area (TPSA) is 53.6 Å². The van der Waals surface area contributed by atoms with Crippen molar-refractivity contribution < 1.29 is 13.9 Å². The molecule has 0 aromatic heterocycles. The largest absolute Gasteiger partial charge is 0.491 e. The maximum Gasteiger partial charge on any atom is 0.220 e. The first-order valence-electron chi connectivity index (χ1n) is 7.83. The zero-order valence-electron chi connectivity index (χ0n) is 13.2. The van der Waals surface area contributed by atoms with Gasteiger partial charge in [0.05, 0.1) is 6.61 Å². The van der Waals surface area contributed by atoms with Gasteiger partial charge in [0, 0.05) is 45.7 Å². The van der Waals surface area contributed by atoms with Crippen LogP contribution in [0.3, 0.4) is 0 Å². The summed E-state index contributed by atoms with van der Waals surface area (Å²) in [5.74, 6) is -0.114. The van der Waals surface area contributed by atoms with Gasteiger partial charge in [-0.3, -0.25) is 9.69 Å². The molecule has 1 amide bonds. The van der Waals surface area contributed by atoms with Crippen molar-refractivity contribution in [3.05, 3.63) is 30.1 Å². The Labute approximate surface area is 143 Å². The molecule has 1 saturated heterocycles. The Bertz CT molecular complexity index is 470. The summed E-state index contributed by atoms with van der Waals surface area (Å²) in [7, 11) is 0. The third kappa shape index (κ3) is 7.63. The Hall–Kier alpha value is -1.37. The molecule has 0 bridgehead atoms. The van der Waals surface area contributed by atoms with Crippen molar-refractivity contribution in [2.45, 2.75) is 12.8 Å². The minimum Gasteiger partial charge on any atom is -0.491 e. The van der Waals surface area contributed by atoms with Crippen LogP contribution in [-0.2, 0) is 4.79 Å². The van der Waals surface area contributed by atoms with Crippen molar-refractivity contribution in [2.75, 3.05) is 45.9 Å². The van der Waals surface area contributed by atoms with E-state index in [0.29, 0.717) is 26.0 Å². The smallest absolute Gasteiger partial charge is 0.220 e. The number of carbonyl (C=O) groups excluding carboxylic acids is 1. The molecule has 1 aromatic rings. The van der Waals surface area contributed by atoms with E-state index in [2.05, 4.69) is 15.5 Å². The number of para-hydroxylation sites is 1. The molecule has 1 aromatic carbocycles. The van der Waals surface area contributed by atoms with Gasteiger partial charge in [-0.2, -0.15) is 0 Å². The normalized spacial score (nSPS) is 14.8. The molecule has 0 radical (unpaired) electrons. The highest BCUT2D eigenvalue weighted by molar-refractivity contribution is 5.85. The van der Waals surface area contributed by atoms with Crippen LogP contribution in [0.2, 0.25) is 0 Å². The maximum atomic E-state index is 13.3. The Morgan fingerprint density at radius 2 is 2.04 bits per heavy atom. The molecular formula is C16H25ClFN3O2. The van der Waals surface area contributed by atoms with Gasteiger partial charge in [-0.15, -0.1) is 12.4 Å². The number of ether oxygens (including phenoxy) is 1. The fourth-order valence-electron chi connectivity index (χ4n) is 2.35. The molecule has 0 saturated carbocycles. The highest BCUT2D eigenvalue weighted by atomic mass is 35.5. The van der Waals surface area contributed by atoms with Crippen LogP contribution < -0.4 is 15.4 Å². The fourth-order valence-corrected chi connectivity index (χ4v) is 2.35. The highest BCUT2D eigenvalue weighted by Crippen LogP contribution is 2.15. The predicted molar refractivity (Wildman–Crippen MR) is 90.7 cm³/mol. The maximum absolute atomic E-state index is 13.3. The number of carbonyl (C=O) groups is 1. The quantitative estimate of drug-likeness (QED) is 0.700. The molecule has 130 valence electrons.